The number of non-ortho nitro benzene ring substituents is 1. The Bertz CT molecular complexity index is 794. The van der Waals surface area contributed by atoms with E-state index in [0.717, 1.165) is 23.9 Å². The van der Waals surface area contributed by atoms with Gasteiger partial charge in [0.25, 0.3) is 11.4 Å². The number of nitrogens with zero attached hydrogens (tertiary/aromatic N) is 2. The molecule has 10 nitrogen and oxygen atoms in total. The van der Waals surface area contributed by atoms with Crippen LogP contribution in [0.3, 0.4) is 0 Å². The number of benzene rings is 1. The average Bonchev–Trinajstić information content (AvgIpc) is 2.83. The summed E-state index contributed by atoms with van der Waals surface area (Å²) in [5.41, 5.74) is -0.864. The molecule has 0 spiro atoms. The Kier molecular flexibility index (Phi) is 5.39. The molecule has 0 radical (unpaired) electrons. The van der Waals surface area contributed by atoms with Gasteiger partial charge in [-0.3, -0.25) is 25.0 Å². The third-order valence-electron chi connectivity index (χ3n) is 3.31. The van der Waals surface area contributed by atoms with E-state index in [0.29, 0.717) is 6.42 Å². The van der Waals surface area contributed by atoms with E-state index >= 15 is 0 Å². The average molecular weight is 375 g/mol. The van der Waals surface area contributed by atoms with Gasteiger partial charge in [0, 0.05) is 12.1 Å². The fraction of sp³-hybridized carbons (Fsp3) is 0.417. The van der Waals surface area contributed by atoms with Crippen molar-refractivity contribution in [2.45, 2.75) is 17.4 Å². The fourth-order valence-electron chi connectivity index (χ4n) is 2.21. The number of thioether (sulfide) groups is 1. The zero-order valence-electron chi connectivity index (χ0n) is 12.2. The van der Waals surface area contributed by atoms with E-state index in [2.05, 4.69) is 5.32 Å². The van der Waals surface area contributed by atoms with E-state index in [1.165, 1.54) is 6.07 Å². The second kappa shape index (κ2) is 7.13. The van der Waals surface area contributed by atoms with Crippen molar-refractivity contribution in [2.24, 2.45) is 0 Å². The van der Waals surface area contributed by atoms with Crippen LogP contribution in [-0.2, 0) is 14.6 Å². The smallest absolute Gasteiger partial charge is 0.289 e. The summed E-state index contributed by atoms with van der Waals surface area (Å²) in [4.78, 5) is 32.1. The molecule has 0 bridgehead atoms. The number of amides is 1. The molecule has 1 N–H and O–H groups in total. The maximum Gasteiger partial charge on any atom is 0.289 e. The SMILES string of the molecule is O=C(CSc1ccc([N+](=O)[O-])cc1[N+](=O)[O-])N[C@H]1CCS(=O)(=O)C1. The molecule has 0 unspecified atom stereocenters. The van der Waals surface area contributed by atoms with Gasteiger partial charge in [-0.15, -0.1) is 11.8 Å². The minimum atomic E-state index is -3.11. The van der Waals surface area contributed by atoms with Gasteiger partial charge < -0.3 is 5.32 Å². The first-order valence-electron chi connectivity index (χ1n) is 6.73. The zero-order chi connectivity index (χ0) is 17.9. The number of nitro groups is 2. The molecule has 1 amide bonds. The Morgan fingerprint density at radius 2 is 2.00 bits per heavy atom. The molecule has 1 fully saturated rings. The quantitative estimate of drug-likeness (QED) is 0.438. The third kappa shape index (κ3) is 4.64. The molecule has 1 heterocycles. The summed E-state index contributed by atoms with van der Waals surface area (Å²) >= 11 is 0.861. The lowest BCUT2D eigenvalue weighted by molar-refractivity contribution is -0.396. The lowest BCUT2D eigenvalue weighted by Gasteiger charge is -2.10. The number of sulfone groups is 1. The summed E-state index contributed by atoms with van der Waals surface area (Å²) in [6, 6.07) is 2.73. The molecule has 24 heavy (non-hydrogen) atoms. The molecule has 1 atom stereocenters. The van der Waals surface area contributed by atoms with Crippen LogP contribution >= 0.6 is 11.8 Å². The van der Waals surface area contributed by atoms with Gasteiger partial charge in [-0.2, -0.15) is 0 Å². The lowest BCUT2D eigenvalue weighted by Crippen LogP contribution is -2.36. The number of carbonyl (C=O) groups is 1. The number of nitro benzene ring substituents is 2. The van der Waals surface area contributed by atoms with Crippen LogP contribution in [0.2, 0.25) is 0 Å². The first kappa shape index (κ1) is 18.1. The number of rotatable bonds is 6. The third-order valence-corrected chi connectivity index (χ3v) is 6.14. The van der Waals surface area contributed by atoms with E-state index in [4.69, 9.17) is 0 Å². The Morgan fingerprint density at radius 1 is 1.29 bits per heavy atom. The van der Waals surface area contributed by atoms with Crippen LogP contribution in [-0.4, -0.2) is 47.5 Å². The van der Waals surface area contributed by atoms with E-state index in [1.54, 1.807) is 0 Å². The van der Waals surface area contributed by atoms with Crippen molar-refractivity contribution in [3.8, 4) is 0 Å². The second-order valence-corrected chi connectivity index (χ2v) is 8.37. The second-order valence-electron chi connectivity index (χ2n) is 5.12. The van der Waals surface area contributed by atoms with Crippen molar-refractivity contribution in [2.75, 3.05) is 17.3 Å². The van der Waals surface area contributed by atoms with Crippen LogP contribution < -0.4 is 5.32 Å². The van der Waals surface area contributed by atoms with Crippen LogP contribution in [0.15, 0.2) is 23.1 Å². The molecule has 1 saturated heterocycles. The van der Waals surface area contributed by atoms with E-state index < -0.39 is 43.0 Å². The molecule has 12 heteroatoms. The zero-order valence-corrected chi connectivity index (χ0v) is 13.8. The van der Waals surface area contributed by atoms with E-state index in [-0.39, 0.29) is 22.2 Å². The van der Waals surface area contributed by atoms with Gasteiger partial charge >= 0.3 is 0 Å². The molecule has 1 aromatic carbocycles. The summed E-state index contributed by atoms with van der Waals surface area (Å²) in [6.45, 7) is 0. The molecule has 0 aromatic heterocycles. The monoisotopic (exact) mass is 375 g/mol. The summed E-state index contributed by atoms with van der Waals surface area (Å²) in [5, 5.41) is 24.2. The highest BCUT2D eigenvalue weighted by molar-refractivity contribution is 8.00. The van der Waals surface area contributed by atoms with Gasteiger partial charge in [-0.25, -0.2) is 8.42 Å². The Hall–Kier alpha value is -2.21. The standard InChI is InChI=1S/C12H13N3O7S2/c16-12(13-8-3-4-24(21,22)7-8)6-23-11-2-1-9(14(17)18)5-10(11)15(19)20/h1-2,5,8H,3-4,6-7H2,(H,13,16)/t8-/m0/s1. The number of hydrogen-bond acceptors (Lipinski definition) is 8. The van der Waals surface area contributed by atoms with Gasteiger partial charge in [0.05, 0.1) is 38.1 Å². The van der Waals surface area contributed by atoms with Crippen molar-refractivity contribution in [1.82, 2.24) is 5.32 Å². The first-order chi connectivity index (χ1) is 11.2. The van der Waals surface area contributed by atoms with Crippen molar-refractivity contribution >= 4 is 38.9 Å². The van der Waals surface area contributed by atoms with Gasteiger partial charge in [0.15, 0.2) is 9.84 Å². The predicted molar refractivity (Wildman–Crippen MR) is 85.7 cm³/mol. The highest BCUT2D eigenvalue weighted by Crippen LogP contribution is 2.32. The Balaban J connectivity index is 1.99. The maximum absolute atomic E-state index is 11.8. The largest absolute Gasteiger partial charge is 0.352 e. The topological polar surface area (TPSA) is 150 Å². The van der Waals surface area contributed by atoms with Crippen LogP contribution in [0, 0.1) is 20.2 Å². The van der Waals surface area contributed by atoms with Crippen LogP contribution in [0.5, 0.6) is 0 Å². The highest BCUT2D eigenvalue weighted by atomic mass is 32.2. The van der Waals surface area contributed by atoms with Crippen molar-refractivity contribution in [3.63, 3.8) is 0 Å². The van der Waals surface area contributed by atoms with Gasteiger partial charge in [-0.1, -0.05) is 0 Å². The molecule has 130 valence electrons. The van der Waals surface area contributed by atoms with Gasteiger partial charge in [-0.05, 0) is 12.5 Å². The van der Waals surface area contributed by atoms with Crippen LogP contribution in [0.4, 0.5) is 11.4 Å². The number of carbonyl (C=O) groups excluding carboxylic acids is 1. The van der Waals surface area contributed by atoms with Crippen molar-refractivity contribution in [3.05, 3.63) is 38.4 Å². The highest BCUT2D eigenvalue weighted by Gasteiger charge is 2.29. The number of nitrogens with one attached hydrogen (secondary N) is 1. The van der Waals surface area contributed by atoms with E-state index in [9.17, 15) is 33.4 Å². The summed E-state index contributed by atoms with van der Waals surface area (Å²) in [5.74, 6) is -0.690. The molecular weight excluding hydrogens is 362 g/mol. The Labute approximate surface area is 140 Å². The van der Waals surface area contributed by atoms with Crippen LogP contribution in [0.1, 0.15) is 6.42 Å². The molecule has 1 aliphatic rings. The van der Waals surface area contributed by atoms with E-state index in [1.807, 2.05) is 0 Å². The van der Waals surface area contributed by atoms with Crippen molar-refractivity contribution in [1.29, 1.82) is 0 Å². The first-order valence-corrected chi connectivity index (χ1v) is 9.54. The van der Waals surface area contributed by atoms with Crippen molar-refractivity contribution < 1.29 is 23.1 Å². The van der Waals surface area contributed by atoms with Crippen LogP contribution in [0.25, 0.3) is 0 Å². The molecular formula is C12H13N3O7S2. The normalized spacial score (nSPS) is 18.9. The summed E-state index contributed by atoms with van der Waals surface area (Å²) in [6.07, 6.45) is 0.344. The summed E-state index contributed by atoms with van der Waals surface area (Å²) in [7, 11) is -3.11. The van der Waals surface area contributed by atoms with Gasteiger partial charge in [0.2, 0.25) is 5.91 Å². The lowest BCUT2D eigenvalue weighted by atomic mass is 10.3. The molecule has 0 saturated carbocycles. The molecule has 1 aliphatic heterocycles. The summed E-state index contributed by atoms with van der Waals surface area (Å²) < 4.78 is 22.6. The molecule has 1 aromatic rings. The predicted octanol–water partition coefficient (Wildman–Crippen LogP) is 0.898. The van der Waals surface area contributed by atoms with Gasteiger partial charge in [0.1, 0.15) is 0 Å². The molecule has 2 rings (SSSR count). The Morgan fingerprint density at radius 3 is 2.54 bits per heavy atom. The fourth-order valence-corrected chi connectivity index (χ4v) is 4.69. The molecule has 0 aliphatic carbocycles. The minimum absolute atomic E-state index is 0.0267. The minimum Gasteiger partial charge on any atom is -0.352 e. The number of hydrogen-bond donors (Lipinski definition) is 1. The maximum atomic E-state index is 11.8.